The van der Waals surface area contributed by atoms with Crippen LogP contribution in [0.25, 0.3) is 0 Å². The molecule has 0 aromatic heterocycles. The maximum Gasteiger partial charge on any atom is 0.230 e. The third-order valence-electron chi connectivity index (χ3n) is 3.81. The van der Waals surface area contributed by atoms with Crippen LogP contribution in [0.15, 0.2) is 33.6 Å². The third kappa shape index (κ3) is 6.69. The molecule has 0 heterocycles. The predicted molar refractivity (Wildman–Crippen MR) is 103 cm³/mol. The fourth-order valence-electron chi connectivity index (χ4n) is 2.62. The average molecular weight is 418 g/mol. The highest BCUT2D eigenvalue weighted by molar-refractivity contribution is 9.10. The fourth-order valence-corrected chi connectivity index (χ4v) is 5.97. The molecule has 1 N–H and O–H groups in total. The molecule has 0 saturated heterocycles. The van der Waals surface area contributed by atoms with Gasteiger partial charge in [-0.25, -0.2) is 0 Å². The van der Waals surface area contributed by atoms with Crippen LogP contribution in [0.2, 0.25) is 0 Å². The summed E-state index contributed by atoms with van der Waals surface area (Å²) in [5.41, 5.74) is 0. The average Bonchev–Trinajstić information content (AvgIpc) is 2.56. The van der Waals surface area contributed by atoms with Gasteiger partial charge in [-0.3, -0.25) is 4.79 Å². The number of amides is 1. The summed E-state index contributed by atoms with van der Waals surface area (Å²) in [6.07, 6.45) is 5.00. The lowest BCUT2D eigenvalue weighted by molar-refractivity contribution is -0.118. The minimum absolute atomic E-state index is 0.113. The van der Waals surface area contributed by atoms with Crippen LogP contribution in [0.5, 0.6) is 0 Å². The molecule has 3 nitrogen and oxygen atoms in total. The maximum absolute atomic E-state index is 11.9. The van der Waals surface area contributed by atoms with Crippen LogP contribution < -0.4 is 5.32 Å². The molecule has 2 unspecified atom stereocenters. The summed E-state index contributed by atoms with van der Waals surface area (Å²) in [5.74, 6) is 0.656. The lowest BCUT2D eigenvalue weighted by atomic mass is 10.00. The van der Waals surface area contributed by atoms with Gasteiger partial charge in [0.1, 0.15) is 0 Å². The third-order valence-corrected chi connectivity index (χ3v) is 7.84. The van der Waals surface area contributed by atoms with E-state index in [2.05, 4.69) is 39.4 Å². The normalized spacial score (nSPS) is 21.1. The zero-order valence-electron chi connectivity index (χ0n) is 13.4. The Morgan fingerprint density at radius 3 is 2.78 bits per heavy atom. The van der Waals surface area contributed by atoms with Gasteiger partial charge in [-0.2, -0.15) is 0 Å². The zero-order valence-corrected chi connectivity index (χ0v) is 16.6. The van der Waals surface area contributed by atoms with Crippen LogP contribution in [0, 0.1) is 0 Å². The summed E-state index contributed by atoms with van der Waals surface area (Å²) >= 11 is 7.40. The summed E-state index contributed by atoms with van der Waals surface area (Å²) in [5, 5.41) is 4.03. The molecule has 1 aliphatic carbocycles. The van der Waals surface area contributed by atoms with Crippen molar-refractivity contribution in [3.63, 3.8) is 0 Å². The van der Waals surface area contributed by atoms with Crippen molar-refractivity contribution in [1.82, 2.24) is 5.32 Å². The van der Waals surface area contributed by atoms with Crippen molar-refractivity contribution in [3.8, 4) is 0 Å². The molecule has 0 aliphatic heterocycles. The number of nitrogens with one attached hydrogen (secondary N) is 1. The Kier molecular flexibility index (Phi) is 8.87. The molecule has 2 atom stereocenters. The second-order valence-electron chi connectivity index (χ2n) is 5.56. The van der Waals surface area contributed by atoms with Gasteiger partial charge in [0.25, 0.3) is 0 Å². The van der Waals surface area contributed by atoms with E-state index >= 15 is 0 Å². The van der Waals surface area contributed by atoms with E-state index in [1.807, 2.05) is 29.6 Å². The first-order valence-electron chi connectivity index (χ1n) is 7.99. The summed E-state index contributed by atoms with van der Waals surface area (Å²) in [4.78, 5) is 13.2. The molecule has 2 rings (SSSR count). The van der Waals surface area contributed by atoms with Gasteiger partial charge in [0.15, 0.2) is 0 Å². The van der Waals surface area contributed by atoms with Crippen LogP contribution >= 0.6 is 39.5 Å². The smallest absolute Gasteiger partial charge is 0.230 e. The van der Waals surface area contributed by atoms with Crippen molar-refractivity contribution in [2.75, 3.05) is 26.0 Å². The SMILES string of the molecule is COCCNC(=O)CSC1CCCCC1Sc1ccccc1Br. The molecule has 23 heavy (non-hydrogen) atoms. The van der Waals surface area contributed by atoms with Gasteiger partial charge in [-0.05, 0) is 40.9 Å². The molecule has 6 heteroatoms. The van der Waals surface area contributed by atoms with Crippen molar-refractivity contribution in [2.24, 2.45) is 0 Å². The quantitative estimate of drug-likeness (QED) is 0.638. The molecule has 1 aromatic rings. The topological polar surface area (TPSA) is 38.3 Å². The first-order chi connectivity index (χ1) is 11.2. The Morgan fingerprint density at radius 1 is 1.30 bits per heavy atom. The van der Waals surface area contributed by atoms with Gasteiger partial charge in [0.05, 0.1) is 12.4 Å². The number of methoxy groups -OCH3 is 1. The summed E-state index contributed by atoms with van der Waals surface area (Å²) < 4.78 is 6.12. The van der Waals surface area contributed by atoms with Gasteiger partial charge in [-0.15, -0.1) is 23.5 Å². The Morgan fingerprint density at radius 2 is 2.04 bits per heavy atom. The fraction of sp³-hybridized carbons (Fsp3) is 0.588. The summed E-state index contributed by atoms with van der Waals surface area (Å²) in [6, 6.07) is 8.39. The number of ether oxygens (including phenoxy) is 1. The molecule has 1 aromatic carbocycles. The van der Waals surface area contributed by atoms with Crippen LogP contribution in [0.4, 0.5) is 0 Å². The van der Waals surface area contributed by atoms with Crippen LogP contribution in [0.3, 0.4) is 0 Å². The second kappa shape index (κ2) is 10.6. The Bertz CT molecular complexity index is 501. The van der Waals surface area contributed by atoms with Crippen LogP contribution in [-0.2, 0) is 9.53 Å². The summed E-state index contributed by atoms with van der Waals surface area (Å²) in [6.45, 7) is 1.16. The molecule has 1 fully saturated rings. The lowest BCUT2D eigenvalue weighted by Gasteiger charge is -2.30. The van der Waals surface area contributed by atoms with E-state index in [1.165, 1.54) is 30.6 Å². The van der Waals surface area contributed by atoms with E-state index in [4.69, 9.17) is 4.74 Å². The van der Waals surface area contributed by atoms with Crippen LogP contribution in [0.1, 0.15) is 25.7 Å². The molecule has 0 spiro atoms. The van der Waals surface area contributed by atoms with Crippen molar-refractivity contribution < 1.29 is 9.53 Å². The highest BCUT2D eigenvalue weighted by atomic mass is 79.9. The lowest BCUT2D eigenvalue weighted by Crippen LogP contribution is -2.31. The maximum atomic E-state index is 11.9. The Hall–Kier alpha value is -0.170. The Balaban J connectivity index is 1.83. The van der Waals surface area contributed by atoms with Gasteiger partial charge >= 0.3 is 0 Å². The predicted octanol–water partition coefficient (Wildman–Crippen LogP) is 4.35. The van der Waals surface area contributed by atoms with E-state index in [0.29, 0.717) is 29.4 Å². The first-order valence-corrected chi connectivity index (χ1v) is 10.7. The number of thioether (sulfide) groups is 2. The number of hydrogen-bond acceptors (Lipinski definition) is 4. The number of carbonyl (C=O) groups is 1. The van der Waals surface area contributed by atoms with E-state index in [0.717, 1.165) is 4.47 Å². The number of carbonyl (C=O) groups excluding carboxylic acids is 1. The minimum Gasteiger partial charge on any atom is -0.383 e. The monoisotopic (exact) mass is 417 g/mol. The molecule has 0 radical (unpaired) electrons. The largest absolute Gasteiger partial charge is 0.383 e. The second-order valence-corrected chi connectivity index (χ2v) is 8.93. The molecular weight excluding hydrogens is 394 g/mol. The van der Waals surface area contributed by atoms with Crippen molar-refractivity contribution >= 4 is 45.4 Å². The highest BCUT2D eigenvalue weighted by Gasteiger charge is 2.27. The van der Waals surface area contributed by atoms with Crippen molar-refractivity contribution in [3.05, 3.63) is 28.7 Å². The molecular formula is C17H24BrNO2S2. The van der Waals surface area contributed by atoms with Crippen LogP contribution in [-0.4, -0.2) is 42.4 Å². The first kappa shape index (κ1) is 19.2. The molecule has 1 amide bonds. The molecule has 1 saturated carbocycles. The van der Waals surface area contributed by atoms with Crippen molar-refractivity contribution in [1.29, 1.82) is 0 Å². The van der Waals surface area contributed by atoms with E-state index in [9.17, 15) is 4.79 Å². The zero-order chi connectivity index (χ0) is 16.5. The van der Waals surface area contributed by atoms with Gasteiger partial charge in [0.2, 0.25) is 5.91 Å². The van der Waals surface area contributed by atoms with E-state index < -0.39 is 0 Å². The van der Waals surface area contributed by atoms with Gasteiger partial charge in [-0.1, -0.05) is 25.0 Å². The molecule has 0 bridgehead atoms. The minimum atomic E-state index is 0.113. The molecule has 128 valence electrons. The van der Waals surface area contributed by atoms with E-state index in [1.54, 1.807) is 7.11 Å². The highest BCUT2D eigenvalue weighted by Crippen LogP contribution is 2.41. The van der Waals surface area contributed by atoms with Gasteiger partial charge < -0.3 is 10.1 Å². The molecule has 1 aliphatic rings. The van der Waals surface area contributed by atoms with E-state index in [-0.39, 0.29) is 5.91 Å². The standard InChI is InChI=1S/C17H24BrNO2S2/c1-21-11-10-19-17(20)12-22-15-8-4-5-9-16(15)23-14-7-3-2-6-13(14)18/h2-3,6-7,15-16H,4-5,8-12H2,1H3,(H,19,20). The Labute approximate surface area is 155 Å². The van der Waals surface area contributed by atoms with Crippen molar-refractivity contribution in [2.45, 2.75) is 41.1 Å². The number of benzene rings is 1. The van der Waals surface area contributed by atoms with Gasteiger partial charge in [0, 0.05) is 33.5 Å². The number of halogens is 1. The number of rotatable bonds is 8. The number of hydrogen-bond donors (Lipinski definition) is 1. The summed E-state index contributed by atoms with van der Waals surface area (Å²) in [7, 11) is 1.65.